The summed E-state index contributed by atoms with van der Waals surface area (Å²) in [5, 5.41) is 3.90. The molecule has 0 saturated heterocycles. The van der Waals surface area contributed by atoms with Gasteiger partial charge in [0.15, 0.2) is 6.61 Å². The van der Waals surface area contributed by atoms with E-state index in [1.807, 2.05) is 70.2 Å². The van der Waals surface area contributed by atoms with E-state index in [0.29, 0.717) is 27.8 Å². The van der Waals surface area contributed by atoms with E-state index in [4.69, 9.17) is 27.9 Å². The SMILES string of the molecule is CC[C@H](C)NC(=O)[C@H](Cc1ccccc1)N(Cc1c(Cl)cccc1Cl)C(=O)COc1cc(C)c(Br)c(C)c1. The van der Waals surface area contributed by atoms with Crippen molar-refractivity contribution in [2.75, 3.05) is 6.61 Å². The number of hydrogen-bond donors (Lipinski definition) is 1. The van der Waals surface area contributed by atoms with Crippen molar-refractivity contribution in [2.45, 2.75) is 59.2 Å². The highest BCUT2D eigenvalue weighted by atomic mass is 79.9. The molecule has 0 bridgehead atoms. The average molecular weight is 620 g/mol. The van der Waals surface area contributed by atoms with Crippen molar-refractivity contribution in [3.05, 3.63) is 97.4 Å². The van der Waals surface area contributed by atoms with Gasteiger partial charge in [0, 0.05) is 39.1 Å². The minimum atomic E-state index is -0.803. The third-order valence-corrected chi connectivity index (χ3v) is 8.39. The number of ether oxygens (including phenoxy) is 1. The molecule has 3 rings (SSSR count). The lowest BCUT2D eigenvalue weighted by Crippen LogP contribution is -2.53. The van der Waals surface area contributed by atoms with E-state index in [1.54, 1.807) is 18.2 Å². The van der Waals surface area contributed by atoms with Crippen LogP contribution in [0.2, 0.25) is 10.0 Å². The predicted octanol–water partition coefficient (Wildman–Crippen LogP) is 7.31. The normalized spacial score (nSPS) is 12.5. The minimum Gasteiger partial charge on any atom is -0.484 e. The Hall–Kier alpha value is -2.54. The van der Waals surface area contributed by atoms with Crippen molar-refractivity contribution in [3.8, 4) is 5.75 Å². The van der Waals surface area contributed by atoms with Gasteiger partial charge < -0.3 is 15.0 Å². The van der Waals surface area contributed by atoms with Crippen molar-refractivity contribution in [1.82, 2.24) is 10.2 Å². The molecule has 3 aromatic carbocycles. The summed E-state index contributed by atoms with van der Waals surface area (Å²) in [5.41, 5.74) is 3.51. The van der Waals surface area contributed by atoms with E-state index in [0.717, 1.165) is 27.6 Å². The number of nitrogens with zero attached hydrogens (tertiary/aromatic N) is 1. The highest BCUT2D eigenvalue weighted by Crippen LogP contribution is 2.29. The van der Waals surface area contributed by atoms with Gasteiger partial charge in [-0.25, -0.2) is 0 Å². The second-order valence-corrected chi connectivity index (χ2v) is 11.0. The maximum Gasteiger partial charge on any atom is 0.261 e. The average Bonchev–Trinajstić information content (AvgIpc) is 2.89. The standard InChI is InChI=1S/C30H33BrCl2N2O3/c1-5-21(4)34-30(37)27(16-22-10-7-6-8-11-22)35(17-24-25(32)12-9-13-26(24)33)28(36)18-38-23-14-19(2)29(31)20(3)15-23/h6-15,21,27H,5,16-18H2,1-4H3,(H,34,37)/t21-,27-/m0/s1. The number of halogens is 3. The number of benzene rings is 3. The molecule has 0 fully saturated rings. The number of carbonyl (C=O) groups excluding carboxylic acids is 2. The van der Waals surface area contributed by atoms with E-state index < -0.39 is 6.04 Å². The molecule has 5 nitrogen and oxygen atoms in total. The molecule has 0 aliphatic heterocycles. The molecule has 8 heteroatoms. The van der Waals surface area contributed by atoms with Crippen LogP contribution >= 0.6 is 39.1 Å². The Balaban J connectivity index is 1.98. The van der Waals surface area contributed by atoms with Gasteiger partial charge in [-0.3, -0.25) is 9.59 Å². The quantitative estimate of drug-likeness (QED) is 0.245. The van der Waals surface area contributed by atoms with E-state index >= 15 is 0 Å². The van der Waals surface area contributed by atoms with Crippen LogP contribution in [0.3, 0.4) is 0 Å². The largest absolute Gasteiger partial charge is 0.484 e. The summed E-state index contributed by atoms with van der Waals surface area (Å²) in [6.07, 6.45) is 1.09. The molecule has 2 atom stereocenters. The Labute approximate surface area is 243 Å². The van der Waals surface area contributed by atoms with Crippen LogP contribution in [-0.4, -0.2) is 35.4 Å². The van der Waals surface area contributed by atoms with Crippen molar-refractivity contribution in [1.29, 1.82) is 0 Å². The zero-order chi connectivity index (χ0) is 27.8. The number of hydrogen-bond acceptors (Lipinski definition) is 3. The van der Waals surface area contributed by atoms with Gasteiger partial charge in [0.2, 0.25) is 5.91 Å². The van der Waals surface area contributed by atoms with Crippen LogP contribution in [0.15, 0.2) is 65.1 Å². The van der Waals surface area contributed by atoms with Gasteiger partial charge in [0.1, 0.15) is 11.8 Å². The van der Waals surface area contributed by atoms with Crippen molar-refractivity contribution in [2.24, 2.45) is 0 Å². The molecule has 0 aliphatic carbocycles. The molecule has 3 aromatic rings. The summed E-state index contributed by atoms with van der Waals surface area (Å²) in [7, 11) is 0. The highest BCUT2D eigenvalue weighted by Gasteiger charge is 2.32. The van der Waals surface area contributed by atoms with Crippen LogP contribution in [-0.2, 0) is 22.6 Å². The van der Waals surface area contributed by atoms with Crippen molar-refractivity contribution < 1.29 is 14.3 Å². The fourth-order valence-corrected chi connectivity index (χ4v) is 4.81. The summed E-state index contributed by atoms with van der Waals surface area (Å²) in [6.45, 7) is 7.68. The van der Waals surface area contributed by atoms with Gasteiger partial charge in [-0.15, -0.1) is 0 Å². The zero-order valence-electron chi connectivity index (χ0n) is 22.1. The lowest BCUT2D eigenvalue weighted by atomic mass is 10.0. The van der Waals surface area contributed by atoms with Crippen LogP contribution in [0.25, 0.3) is 0 Å². The third kappa shape index (κ3) is 7.98. The van der Waals surface area contributed by atoms with Gasteiger partial charge in [-0.05, 0) is 68.1 Å². The molecule has 1 N–H and O–H groups in total. The van der Waals surface area contributed by atoms with Gasteiger partial charge in [0.05, 0.1) is 0 Å². The molecule has 38 heavy (non-hydrogen) atoms. The predicted molar refractivity (Wildman–Crippen MR) is 158 cm³/mol. The Kier molecular flexibility index (Phi) is 11.1. The third-order valence-electron chi connectivity index (χ3n) is 6.43. The number of nitrogens with one attached hydrogen (secondary N) is 1. The maximum absolute atomic E-state index is 13.8. The number of rotatable bonds is 11. The first-order chi connectivity index (χ1) is 18.1. The Bertz CT molecular complexity index is 1230. The van der Waals surface area contributed by atoms with Crippen molar-refractivity contribution in [3.63, 3.8) is 0 Å². The molecular formula is C30H33BrCl2N2O3. The molecule has 0 unspecified atom stereocenters. The smallest absolute Gasteiger partial charge is 0.261 e. The molecule has 2 amide bonds. The molecule has 0 heterocycles. The number of carbonyl (C=O) groups is 2. The van der Waals surface area contributed by atoms with E-state index in [1.165, 1.54) is 4.90 Å². The van der Waals surface area contributed by atoms with Gasteiger partial charge in [-0.1, -0.05) is 82.5 Å². The second-order valence-electron chi connectivity index (χ2n) is 9.40. The molecule has 202 valence electrons. The summed E-state index contributed by atoms with van der Waals surface area (Å²) in [4.78, 5) is 28.9. The van der Waals surface area contributed by atoms with E-state index in [2.05, 4.69) is 21.2 Å². The van der Waals surface area contributed by atoms with Crippen LogP contribution in [0.1, 0.15) is 42.5 Å². The first-order valence-electron chi connectivity index (χ1n) is 12.6. The first-order valence-corrected chi connectivity index (χ1v) is 14.1. The summed E-state index contributed by atoms with van der Waals surface area (Å²) in [5.74, 6) is -0.00885. The maximum atomic E-state index is 13.8. The second kappa shape index (κ2) is 14.0. The number of amides is 2. The lowest BCUT2D eigenvalue weighted by Gasteiger charge is -2.32. The molecule has 0 aliphatic rings. The van der Waals surface area contributed by atoms with Gasteiger partial charge in [-0.2, -0.15) is 0 Å². The van der Waals surface area contributed by atoms with Crippen LogP contribution in [0.5, 0.6) is 5.75 Å². The van der Waals surface area contributed by atoms with Gasteiger partial charge in [0.25, 0.3) is 5.91 Å². The Morgan fingerprint density at radius 1 is 1.00 bits per heavy atom. The van der Waals surface area contributed by atoms with E-state index in [-0.39, 0.29) is 31.0 Å². The molecule has 0 aromatic heterocycles. The van der Waals surface area contributed by atoms with Crippen LogP contribution in [0, 0.1) is 13.8 Å². The van der Waals surface area contributed by atoms with E-state index in [9.17, 15) is 9.59 Å². The minimum absolute atomic E-state index is 0.0495. The zero-order valence-corrected chi connectivity index (χ0v) is 25.2. The highest BCUT2D eigenvalue weighted by molar-refractivity contribution is 9.10. The number of aryl methyl sites for hydroxylation is 2. The molecule has 0 radical (unpaired) electrons. The first kappa shape index (κ1) is 30.0. The summed E-state index contributed by atoms with van der Waals surface area (Å²) < 4.78 is 6.93. The molecular weight excluding hydrogens is 587 g/mol. The summed E-state index contributed by atoms with van der Waals surface area (Å²) >= 11 is 16.5. The Morgan fingerprint density at radius 2 is 1.61 bits per heavy atom. The summed E-state index contributed by atoms with van der Waals surface area (Å²) in [6, 6.07) is 17.7. The van der Waals surface area contributed by atoms with Crippen molar-refractivity contribution >= 4 is 50.9 Å². The fourth-order valence-electron chi connectivity index (χ4n) is 4.07. The van der Waals surface area contributed by atoms with Gasteiger partial charge >= 0.3 is 0 Å². The van der Waals surface area contributed by atoms with Crippen LogP contribution < -0.4 is 10.1 Å². The molecule has 0 saturated carbocycles. The van der Waals surface area contributed by atoms with Crippen LogP contribution in [0.4, 0.5) is 0 Å². The molecule has 0 spiro atoms. The lowest BCUT2D eigenvalue weighted by molar-refractivity contribution is -0.143. The monoisotopic (exact) mass is 618 g/mol. The Morgan fingerprint density at radius 3 is 2.18 bits per heavy atom. The topological polar surface area (TPSA) is 58.6 Å². The fraction of sp³-hybridized carbons (Fsp3) is 0.333.